The molecule has 96 valence electrons. The highest BCUT2D eigenvalue weighted by atomic mass is 16.2. The molecule has 0 aliphatic rings. The molecule has 0 aliphatic carbocycles. The number of carbonyl (C=O) groups is 1. The number of nitrogens with zero attached hydrogens (tertiary/aromatic N) is 1. The van der Waals surface area contributed by atoms with Crippen LogP contribution < -0.4 is 10.6 Å². The van der Waals surface area contributed by atoms with Crippen molar-refractivity contribution in [3.8, 4) is 11.8 Å². The minimum atomic E-state index is -0.275. The molecule has 5 nitrogen and oxygen atoms in total. The zero-order valence-corrected chi connectivity index (χ0v) is 10.4. The maximum atomic E-state index is 11.5. The lowest BCUT2D eigenvalue weighted by atomic mass is 10.3. The molecule has 0 atom stereocenters. The van der Waals surface area contributed by atoms with Crippen molar-refractivity contribution in [1.82, 2.24) is 10.3 Å². The Bertz CT molecular complexity index is 449. The number of nitrogens with one attached hydrogen (secondary N) is 2. The smallest absolute Gasteiger partial charge is 0.320 e. The van der Waals surface area contributed by atoms with Gasteiger partial charge in [0.1, 0.15) is 18.1 Å². The summed E-state index contributed by atoms with van der Waals surface area (Å²) in [6, 6.07) is 4.87. The lowest BCUT2D eigenvalue weighted by Crippen LogP contribution is -2.29. The van der Waals surface area contributed by atoms with E-state index in [-0.39, 0.29) is 12.6 Å². The first-order valence-electron chi connectivity index (χ1n) is 5.88. The van der Waals surface area contributed by atoms with Gasteiger partial charge in [0.15, 0.2) is 0 Å². The minimum Gasteiger partial charge on any atom is -0.384 e. The van der Waals surface area contributed by atoms with Gasteiger partial charge in [-0.25, -0.2) is 9.78 Å². The van der Waals surface area contributed by atoms with Gasteiger partial charge in [-0.2, -0.15) is 0 Å². The summed E-state index contributed by atoms with van der Waals surface area (Å²) >= 11 is 0. The quantitative estimate of drug-likeness (QED) is 0.555. The van der Waals surface area contributed by atoms with Gasteiger partial charge >= 0.3 is 6.03 Å². The second-order valence-corrected chi connectivity index (χ2v) is 3.60. The number of hydrogen-bond acceptors (Lipinski definition) is 3. The van der Waals surface area contributed by atoms with Crippen molar-refractivity contribution in [3.63, 3.8) is 0 Å². The van der Waals surface area contributed by atoms with E-state index in [9.17, 15) is 4.79 Å². The number of aromatic nitrogens is 1. The number of urea groups is 1. The van der Waals surface area contributed by atoms with Crippen molar-refractivity contribution in [2.24, 2.45) is 0 Å². The third-order valence-corrected chi connectivity index (χ3v) is 2.10. The fourth-order valence-corrected chi connectivity index (χ4v) is 1.24. The molecule has 0 fully saturated rings. The van der Waals surface area contributed by atoms with E-state index in [4.69, 9.17) is 5.11 Å². The van der Waals surface area contributed by atoms with Crippen LogP contribution in [0.2, 0.25) is 0 Å². The first kappa shape index (κ1) is 14.0. The third-order valence-electron chi connectivity index (χ3n) is 2.10. The molecular formula is C13H17N3O2. The molecule has 0 spiro atoms. The molecule has 2 amide bonds. The predicted octanol–water partition coefficient (Wildman–Crippen LogP) is 1.35. The van der Waals surface area contributed by atoms with E-state index in [1.165, 1.54) is 0 Å². The number of carbonyl (C=O) groups excluding carboxylic acids is 1. The Labute approximate surface area is 107 Å². The van der Waals surface area contributed by atoms with Crippen molar-refractivity contribution >= 4 is 11.8 Å². The summed E-state index contributed by atoms with van der Waals surface area (Å²) in [4.78, 5) is 15.6. The number of anilines is 1. The fraction of sp³-hybridized carbons (Fsp3) is 0.385. The monoisotopic (exact) mass is 247 g/mol. The van der Waals surface area contributed by atoms with E-state index in [0.717, 1.165) is 12.8 Å². The summed E-state index contributed by atoms with van der Waals surface area (Å²) in [6.45, 7) is 2.49. The van der Waals surface area contributed by atoms with E-state index in [1.807, 2.05) is 0 Å². The SMILES string of the molecule is CCCCNC(=O)Nc1cccc(C#CCO)n1. The van der Waals surface area contributed by atoms with Crippen molar-refractivity contribution in [2.75, 3.05) is 18.5 Å². The highest BCUT2D eigenvalue weighted by Crippen LogP contribution is 2.03. The highest BCUT2D eigenvalue weighted by Gasteiger charge is 2.01. The Kier molecular flexibility index (Phi) is 6.30. The molecule has 3 N–H and O–H groups in total. The molecule has 0 aromatic carbocycles. The molecule has 18 heavy (non-hydrogen) atoms. The molecule has 1 rings (SSSR count). The van der Waals surface area contributed by atoms with Gasteiger partial charge in [0, 0.05) is 6.54 Å². The maximum Gasteiger partial charge on any atom is 0.320 e. The van der Waals surface area contributed by atoms with Crippen LogP contribution in [0.5, 0.6) is 0 Å². The molecule has 0 bridgehead atoms. The second-order valence-electron chi connectivity index (χ2n) is 3.60. The first-order chi connectivity index (χ1) is 8.76. The molecule has 0 saturated heterocycles. The van der Waals surface area contributed by atoms with Crippen LogP contribution in [0.1, 0.15) is 25.5 Å². The zero-order valence-electron chi connectivity index (χ0n) is 10.4. The molecular weight excluding hydrogens is 230 g/mol. The molecule has 1 heterocycles. The van der Waals surface area contributed by atoms with Crippen LogP contribution in [-0.4, -0.2) is 29.3 Å². The highest BCUT2D eigenvalue weighted by molar-refractivity contribution is 5.88. The molecule has 0 radical (unpaired) electrons. The summed E-state index contributed by atoms with van der Waals surface area (Å²) in [5.41, 5.74) is 0.510. The Balaban J connectivity index is 2.53. The Morgan fingerprint density at radius 3 is 3.06 bits per heavy atom. The normalized spacial score (nSPS) is 9.22. The predicted molar refractivity (Wildman–Crippen MR) is 70.1 cm³/mol. The topological polar surface area (TPSA) is 74.2 Å². The summed E-state index contributed by atoms with van der Waals surface area (Å²) in [6.07, 6.45) is 1.98. The number of rotatable bonds is 4. The Morgan fingerprint density at radius 1 is 1.50 bits per heavy atom. The van der Waals surface area contributed by atoms with Crippen molar-refractivity contribution < 1.29 is 9.90 Å². The van der Waals surface area contributed by atoms with E-state index in [2.05, 4.69) is 34.4 Å². The van der Waals surface area contributed by atoms with Gasteiger partial charge in [0.2, 0.25) is 0 Å². The number of hydrogen-bond donors (Lipinski definition) is 3. The zero-order chi connectivity index (χ0) is 13.2. The largest absolute Gasteiger partial charge is 0.384 e. The third kappa shape index (κ3) is 5.32. The van der Waals surface area contributed by atoms with Crippen LogP contribution in [0.4, 0.5) is 10.6 Å². The molecule has 1 aromatic heterocycles. The maximum absolute atomic E-state index is 11.5. The summed E-state index contributed by atoms with van der Waals surface area (Å²) < 4.78 is 0. The van der Waals surface area contributed by atoms with Gasteiger partial charge in [-0.3, -0.25) is 5.32 Å². The number of aliphatic hydroxyl groups is 1. The lowest BCUT2D eigenvalue weighted by Gasteiger charge is -2.06. The fourth-order valence-electron chi connectivity index (χ4n) is 1.24. The molecule has 0 unspecified atom stereocenters. The van der Waals surface area contributed by atoms with Crippen molar-refractivity contribution in [1.29, 1.82) is 0 Å². The lowest BCUT2D eigenvalue weighted by molar-refractivity contribution is 0.252. The van der Waals surface area contributed by atoms with Crippen molar-refractivity contribution in [3.05, 3.63) is 23.9 Å². The number of aliphatic hydroxyl groups excluding tert-OH is 1. The van der Waals surface area contributed by atoms with Gasteiger partial charge in [0.25, 0.3) is 0 Å². The molecule has 0 aliphatic heterocycles. The van der Waals surface area contributed by atoms with Crippen LogP contribution in [0, 0.1) is 11.8 Å². The number of amides is 2. The van der Waals surface area contributed by atoms with Crippen LogP contribution in [0.3, 0.4) is 0 Å². The number of unbranched alkanes of at least 4 members (excludes halogenated alkanes) is 1. The van der Waals surface area contributed by atoms with Gasteiger partial charge in [-0.15, -0.1) is 0 Å². The molecule has 1 aromatic rings. The summed E-state index contributed by atoms with van der Waals surface area (Å²) in [5.74, 6) is 5.62. The average Bonchev–Trinajstić information content (AvgIpc) is 2.37. The standard InChI is InChI=1S/C13H17N3O2/c1-2-3-9-14-13(18)16-12-8-4-6-11(15-12)7-5-10-17/h4,6,8,17H,2-3,9-10H2,1H3,(H2,14,15,16,18). The van der Waals surface area contributed by atoms with E-state index < -0.39 is 0 Å². The summed E-state index contributed by atoms with van der Waals surface area (Å²) in [7, 11) is 0. The van der Waals surface area contributed by atoms with E-state index in [1.54, 1.807) is 18.2 Å². The van der Waals surface area contributed by atoms with Gasteiger partial charge in [-0.1, -0.05) is 25.3 Å². The number of pyridine rings is 1. The minimum absolute atomic E-state index is 0.211. The van der Waals surface area contributed by atoms with E-state index in [0.29, 0.717) is 18.1 Å². The molecule has 5 heteroatoms. The average molecular weight is 247 g/mol. The Morgan fingerprint density at radius 2 is 2.33 bits per heavy atom. The second kappa shape index (κ2) is 8.09. The van der Waals surface area contributed by atoms with E-state index >= 15 is 0 Å². The molecule has 0 saturated carbocycles. The van der Waals surface area contributed by atoms with Crippen molar-refractivity contribution in [2.45, 2.75) is 19.8 Å². The summed E-state index contributed by atoms with van der Waals surface area (Å²) in [5, 5.41) is 13.9. The van der Waals surface area contributed by atoms with Gasteiger partial charge < -0.3 is 10.4 Å². The first-order valence-corrected chi connectivity index (χ1v) is 5.88. The van der Waals surface area contributed by atoms with Gasteiger partial charge in [0.05, 0.1) is 0 Å². The Hall–Kier alpha value is -2.06. The van der Waals surface area contributed by atoms with Crippen LogP contribution >= 0.6 is 0 Å². The van der Waals surface area contributed by atoms with Crippen LogP contribution in [0.25, 0.3) is 0 Å². The van der Waals surface area contributed by atoms with Crippen LogP contribution in [0.15, 0.2) is 18.2 Å². The van der Waals surface area contributed by atoms with Gasteiger partial charge in [-0.05, 0) is 24.5 Å². The van der Waals surface area contributed by atoms with Crippen LogP contribution in [-0.2, 0) is 0 Å².